The number of aromatic nitrogens is 2. The van der Waals surface area contributed by atoms with Gasteiger partial charge < -0.3 is 10.4 Å². The number of amides is 1. The van der Waals surface area contributed by atoms with E-state index in [1.165, 1.54) is 17.7 Å². The van der Waals surface area contributed by atoms with Crippen LogP contribution in [0.3, 0.4) is 0 Å². The Morgan fingerprint density at radius 1 is 1.24 bits per heavy atom. The summed E-state index contributed by atoms with van der Waals surface area (Å²) in [4.78, 5) is 32.1. The first kappa shape index (κ1) is 16.3. The fourth-order valence-corrected chi connectivity index (χ4v) is 5.15. The predicted octanol–water partition coefficient (Wildman–Crippen LogP) is 2.70. The third-order valence-electron chi connectivity index (χ3n) is 5.19. The number of rotatable bonds is 4. The van der Waals surface area contributed by atoms with Crippen LogP contribution in [0.1, 0.15) is 36.2 Å². The first-order valence-electron chi connectivity index (χ1n) is 7.82. The van der Waals surface area contributed by atoms with Crippen molar-refractivity contribution in [2.45, 2.75) is 31.6 Å². The van der Waals surface area contributed by atoms with E-state index in [-0.39, 0.29) is 37.9 Å². The van der Waals surface area contributed by atoms with E-state index in [1.54, 1.807) is 11.4 Å². The zero-order valence-corrected chi connectivity index (χ0v) is 13.9. The molecule has 2 saturated carbocycles. The Balaban J connectivity index is 1.45. The molecule has 1 spiro atoms. The van der Waals surface area contributed by atoms with E-state index >= 15 is 0 Å². The van der Waals surface area contributed by atoms with Crippen molar-refractivity contribution >= 4 is 33.4 Å². The number of carboxylic acid groups (broad SMARTS) is 1. The maximum Gasteiger partial charge on any atom is 0.311 e. The predicted molar refractivity (Wildman–Crippen MR) is 85.7 cm³/mol. The van der Waals surface area contributed by atoms with Gasteiger partial charge in [-0.3, -0.25) is 9.59 Å². The molecule has 6 nitrogen and oxygen atoms in total. The highest BCUT2D eigenvalue weighted by Gasteiger charge is 2.68. The number of halogens is 2. The molecule has 25 heavy (non-hydrogen) atoms. The standard InChI is InChI=1S/C16H15F2N3O3S/c17-16(18)5-14(6-16)3-15(4-14,13(23)24)7-19-12(22)10-11-9(1-2-25-11)20-8-21-10/h1-2,8H,3-7H2,(H,19,22)(H,23,24). The van der Waals surface area contributed by atoms with Gasteiger partial charge in [0.25, 0.3) is 5.91 Å². The second kappa shape index (κ2) is 5.17. The molecule has 2 heterocycles. The molecule has 132 valence electrons. The number of carboxylic acids is 1. The Morgan fingerprint density at radius 2 is 1.96 bits per heavy atom. The van der Waals surface area contributed by atoms with Gasteiger partial charge in [0.05, 0.1) is 15.6 Å². The number of carbonyl (C=O) groups is 2. The van der Waals surface area contributed by atoms with E-state index in [1.807, 2.05) is 0 Å². The fraction of sp³-hybridized carbons (Fsp3) is 0.500. The minimum Gasteiger partial charge on any atom is -0.481 e. The maximum atomic E-state index is 13.1. The molecule has 0 aliphatic heterocycles. The van der Waals surface area contributed by atoms with Gasteiger partial charge in [0.1, 0.15) is 12.0 Å². The minimum absolute atomic E-state index is 0.0919. The largest absolute Gasteiger partial charge is 0.481 e. The second-order valence-corrected chi connectivity index (χ2v) is 8.10. The van der Waals surface area contributed by atoms with Crippen LogP contribution in [0.15, 0.2) is 17.8 Å². The summed E-state index contributed by atoms with van der Waals surface area (Å²) in [6.07, 6.45) is 1.11. The minimum atomic E-state index is -2.68. The van der Waals surface area contributed by atoms with E-state index in [9.17, 15) is 23.5 Å². The SMILES string of the molecule is O=C(NCC1(C(=O)O)CC2(CC(F)(F)C2)C1)c1ncnc2ccsc12. The highest BCUT2D eigenvalue weighted by atomic mass is 32.1. The van der Waals surface area contributed by atoms with Gasteiger partial charge in [0.15, 0.2) is 0 Å². The number of nitrogens with zero attached hydrogens (tertiary/aromatic N) is 2. The van der Waals surface area contributed by atoms with Crippen molar-refractivity contribution in [1.82, 2.24) is 15.3 Å². The van der Waals surface area contributed by atoms with Gasteiger partial charge in [-0.1, -0.05) is 0 Å². The molecule has 2 aromatic heterocycles. The average Bonchev–Trinajstić information content (AvgIpc) is 2.96. The molecule has 2 aromatic rings. The topological polar surface area (TPSA) is 92.2 Å². The molecule has 2 aliphatic rings. The molecule has 0 atom stereocenters. The van der Waals surface area contributed by atoms with Crippen molar-refractivity contribution in [3.05, 3.63) is 23.5 Å². The van der Waals surface area contributed by atoms with Crippen molar-refractivity contribution in [2.24, 2.45) is 10.8 Å². The van der Waals surface area contributed by atoms with Crippen LogP contribution in [-0.2, 0) is 4.79 Å². The van der Waals surface area contributed by atoms with Crippen LogP contribution >= 0.6 is 11.3 Å². The van der Waals surface area contributed by atoms with Crippen LogP contribution < -0.4 is 5.32 Å². The number of thiophene rings is 1. The lowest BCUT2D eigenvalue weighted by molar-refractivity contribution is -0.234. The third-order valence-corrected chi connectivity index (χ3v) is 6.10. The van der Waals surface area contributed by atoms with Crippen molar-refractivity contribution in [3.8, 4) is 0 Å². The molecule has 0 bridgehead atoms. The van der Waals surface area contributed by atoms with Gasteiger partial charge in [-0.25, -0.2) is 18.7 Å². The van der Waals surface area contributed by atoms with E-state index in [0.717, 1.165) is 0 Å². The van der Waals surface area contributed by atoms with Crippen LogP contribution in [0.25, 0.3) is 10.2 Å². The average molecular weight is 367 g/mol. The zero-order chi connectivity index (χ0) is 17.9. The Labute approximate surface area is 145 Å². The molecule has 9 heteroatoms. The second-order valence-electron chi connectivity index (χ2n) is 7.19. The summed E-state index contributed by atoms with van der Waals surface area (Å²) in [7, 11) is 0. The smallest absolute Gasteiger partial charge is 0.311 e. The number of nitrogens with one attached hydrogen (secondary N) is 1. The third kappa shape index (κ3) is 2.57. The van der Waals surface area contributed by atoms with Gasteiger partial charge in [0.2, 0.25) is 5.92 Å². The number of carbonyl (C=O) groups excluding carboxylic acids is 1. The fourth-order valence-electron chi connectivity index (χ4n) is 4.31. The molecule has 1 amide bonds. The lowest BCUT2D eigenvalue weighted by Crippen LogP contribution is -2.63. The van der Waals surface area contributed by atoms with Crippen molar-refractivity contribution in [2.75, 3.05) is 6.54 Å². The number of aliphatic carboxylic acids is 1. The molecule has 4 rings (SSSR count). The Bertz CT molecular complexity index is 866. The van der Waals surface area contributed by atoms with Crippen molar-refractivity contribution < 1.29 is 23.5 Å². The first-order chi connectivity index (χ1) is 11.7. The van der Waals surface area contributed by atoms with E-state index in [4.69, 9.17) is 0 Å². The Morgan fingerprint density at radius 3 is 2.60 bits per heavy atom. The molecule has 0 aromatic carbocycles. The van der Waals surface area contributed by atoms with Gasteiger partial charge in [0, 0.05) is 19.4 Å². The Kier molecular flexibility index (Phi) is 3.37. The maximum absolute atomic E-state index is 13.1. The summed E-state index contributed by atoms with van der Waals surface area (Å²) in [5, 5.41) is 13.9. The number of fused-ring (bicyclic) bond motifs is 1. The molecular weight excluding hydrogens is 352 g/mol. The van der Waals surface area contributed by atoms with Gasteiger partial charge in [-0.15, -0.1) is 11.3 Å². The highest BCUT2D eigenvalue weighted by Crippen LogP contribution is 2.68. The zero-order valence-electron chi connectivity index (χ0n) is 13.1. The van der Waals surface area contributed by atoms with Gasteiger partial charge >= 0.3 is 5.97 Å². The number of hydrogen-bond acceptors (Lipinski definition) is 5. The molecule has 0 saturated heterocycles. The lowest BCUT2D eigenvalue weighted by Gasteiger charge is -2.61. The van der Waals surface area contributed by atoms with Crippen LogP contribution in [-0.4, -0.2) is 39.4 Å². The van der Waals surface area contributed by atoms with Crippen LogP contribution in [0.2, 0.25) is 0 Å². The normalized spacial score (nSPS) is 22.2. The number of alkyl halides is 2. The summed E-state index contributed by atoms with van der Waals surface area (Å²) in [5.41, 5.74) is -0.904. The summed E-state index contributed by atoms with van der Waals surface area (Å²) < 4.78 is 26.9. The molecule has 2 fully saturated rings. The molecule has 0 unspecified atom stereocenters. The van der Waals surface area contributed by atoms with Crippen molar-refractivity contribution in [1.29, 1.82) is 0 Å². The van der Waals surface area contributed by atoms with E-state index in [0.29, 0.717) is 10.2 Å². The van der Waals surface area contributed by atoms with Crippen LogP contribution in [0.4, 0.5) is 8.78 Å². The molecule has 2 N–H and O–H groups in total. The van der Waals surface area contributed by atoms with Crippen LogP contribution in [0.5, 0.6) is 0 Å². The number of hydrogen-bond donors (Lipinski definition) is 2. The van der Waals surface area contributed by atoms with Gasteiger partial charge in [-0.2, -0.15) is 0 Å². The molecule has 0 radical (unpaired) electrons. The van der Waals surface area contributed by atoms with E-state index in [2.05, 4.69) is 15.3 Å². The summed E-state index contributed by atoms with van der Waals surface area (Å²) in [6.45, 7) is -0.0919. The summed E-state index contributed by atoms with van der Waals surface area (Å²) in [5.74, 6) is -4.22. The monoisotopic (exact) mass is 367 g/mol. The van der Waals surface area contributed by atoms with Gasteiger partial charge in [-0.05, 0) is 29.7 Å². The summed E-state index contributed by atoms with van der Waals surface area (Å²) >= 11 is 1.33. The first-order valence-corrected chi connectivity index (χ1v) is 8.70. The molecular formula is C16H15F2N3O3S. The Hall–Kier alpha value is -2.16. The van der Waals surface area contributed by atoms with E-state index < -0.39 is 28.6 Å². The summed E-state index contributed by atoms with van der Waals surface area (Å²) in [6, 6.07) is 1.77. The lowest BCUT2D eigenvalue weighted by atomic mass is 9.44. The quantitative estimate of drug-likeness (QED) is 0.867. The van der Waals surface area contributed by atoms with Crippen LogP contribution in [0, 0.1) is 10.8 Å². The molecule has 2 aliphatic carbocycles. The van der Waals surface area contributed by atoms with Crippen molar-refractivity contribution in [3.63, 3.8) is 0 Å². The highest BCUT2D eigenvalue weighted by molar-refractivity contribution is 7.17.